The normalized spacial score (nSPS) is 42.0. The molecule has 202 valence electrons. The molecule has 0 aromatic carbocycles. The molecule has 0 aromatic rings. The second-order valence-corrected chi connectivity index (χ2v) is 14.0. The predicted molar refractivity (Wildman–Crippen MR) is 145 cm³/mol. The van der Waals surface area contributed by atoms with Crippen LogP contribution >= 0.6 is 0 Å². The molecular formula is C32H50O4. The molecule has 0 saturated heterocycles. The van der Waals surface area contributed by atoms with Crippen molar-refractivity contribution in [2.75, 3.05) is 7.11 Å². The van der Waals surface area contributed by atoms with Gasteiger partial charge < -0.3 is 14.9 Å². The summed E-state index contributed by atoms with van der Waals surface area (Å²) in [4.78, 5) is 13.2. The number of allylic oxidation sites excluding steroid dienone is 5. The van der Waals surface area contributed by atoms with Crippen LogP contribution in [0.15, 0.2) is 35.5 Å². The van der Waals surface area contributed by atoms with Crippen molar-refractivity contribution in [2.45, 2.75) is 106 Å². The van der Waals surface area contributed by atoms with Gasteiger partial charge in [-0.25, -0.2) is 0 Å². The summed E-state index contributed by atoms with van der Waals surface area (Å²) in [5.74, 6) is 0.0479. The van der Waals surface area contributed by atoms with Crippen LogP contribution in [0.2, 0.25) is 0 Å². The Labute approximate surface area is 219 Å². The van der Waals surface area contributed by atoms with Crippen LogP contribution in [-0.2, 0) is 9.53 Å². The summed E-state index contributed by atoms with van der Waals surface area (Å²) < 4.78 is 5.32. The molecule has 4 nitrogen and oxygen atoms in total. The zero-order valence-corrected chi connectivity index (χ0v) is 24.0. The molecule has 0 unspecified atom stereocenters. The SMILES string of the molecule is C=C(CC[C@@H](C(=O)OC)[C@H]1[C@H](O)C[C@@]2(C)C3=CC[C@H]4C(C)(C)[C@@H](O)CC[C@]4(C)C3=CC[C@]12C)C(C)C. The van der Waals surface area contributed by atoms with Crippen LogP contribution in [0.3, 0.4) is 0 Å². The van der Waals surface area contributed by atoms with Gasteiger partial charge in [0.15, 0.2) is 0 Å². The Morgan fingerprint density at radius 1 is 1.14 bits per heavy atom. The van der Waals surface area contributed by atoms with E-state index in [4.69, 9.17) is 4.74 Å². The average Bonchev–Trinajstić information content (AvgIpc) is 3.02. The number of rotatable bonds is 6. The first kappa shape index (κ1) is 27.6. The maximum atomic E-state index is 13.2. The van der Waals surface area contributed by atoms with E-state index in [1.807, 2.05) is 0 Å². The van der Waals surface area contributed by atoms with Crippen LogP contribution in [0.25, 0.3) is 0 Å². The van der Waals surface area contributed by atoms with Crippen molar-refractivity contribution >= 4 is 5.97 Å². The lowest BCUT2D eigenvalue weighted by Crippen LogP contribution is -2.54. The van der Waals surface area contributed by atoms with E-state index in [-0.39, 0.29) is 45.6 Å². The van der Waals surface area contributed by atoms with E-state index in [1.165, 1.54) is 18.3 Å². The summed E-state index contributed by atoms with van der Waals surface area (Å²) in [6.07, 6.45) is 9.78. The minimum absolute atomic E-state index is 0.0248. The predicted octanol–water partition coefficient (Wildman–Crippen LogP) is 6.63. The summed E-state index contributed by atoms with van der Waals surface area (Å²) in [7, 11) is 1.47. The Morgan fingerprint density at radius 3 is 2.42 bits per heavy atom. The highest BCUT2D eigenvalue weighted by Crippen LogP contribution is 2.71. The van der Waals surface area contributed by atoms with E-state index in [0.717, 1.165) is 37.7 Å². The summed E-state index contributed by atoms with van der Waals surface area (Å²) >= 11 is 0. The number of fused-ring (bicyclic) bond motifs is 5. The van der Waals surface area contributed by atoms with Crippen molar-refractivity contribution < 1.29 is 19.7 Å². The van der Waals surface area contributed by atoms with E-state index in [2.05, 4.69) is 67.2 Å². The van der Waals surface area contributed by atoms with Gasteiger partial charge in [-0.15, -0.1) is 0 Å². The number of aliphatic hydroxyl groups excluding tert-OH is 2. The van der Waals surface area contributed by atoms with Gasteiger partial charge in [0.1, 0.15) is 0 Å². The number of hydrogen-bond acceptors (Lipinski definition) is 4. The minimum Gasteiger partial charge on any atom is -0.469 e. The lowest BCUT2D eigenvalue weighted by molar-refractivity contribution is -0.152. The second kappa shape index (κ2) is 9.12. The molecule has 0 aromatic heterocycles. The van der Waals surface area contributed by atoms with E-state index >= 15 is 0 Å². The summed E-state index contributed by atoms with van der Waals surface area (Å²) in [5.41, 5.74) is 3.41. The highest BCUT2D eigenvalue weighted by Gasteiger charge is 2.66. The molecule has 0 spiro atoms. The van der Waals surface area contributed by atoms with Gasteiger partial charge in [-0.05, 0) is 84.2 Å². The van der Waals surface area contributed by atoms with Gasteiger partial charge in [0.2, 0.25) is 0 Å². The fourth-order valence-corrected chi connectivity index (χ4v) is 9.04. The lowest BCUT2D eigenvalue weighted by atomic mass is 9.44. The number of carbonyl (C=O) groups excluding carboxylic acids is 1. The van der Waals surface area contributed by atoms with E-state index < -0.39 is 6.10 Å². The van der Waals surface area contributed by atoms with Crippen molar-refractivity contribution in [2.24, 2.45) is 45.3 Å². The lowest BCUT2D eigenvalue weighted by Gasteiger charge is -2.61. The largest absolute Gasteiger partial charge is 0.469 e. The molecule has 0 radical (unpaired) electrons. The molecule has 0 heterocycles. The fraction of sp³-hybridized carbons (Fsp3) is 0.781. The molecule has 4 heteroatoms. The first-order chi connectivity index (χ1) is 16.6. The van der Waals surface area contributed by atoms with E-state index in [9.17, 15) is 15.0 Å². The Kier molecular flexibility index (Phi) is 7.00. The Morgan fingerprint density at radius 2 is 1.81 bits per heavy atom. The second-order valence-electron chi connectivity index (χ2n) is 14.0. The van der Waals surface area contributed by atoms with Gasteiger partial charge in [-0.1, -0.05) is 72.8 Å². The third kappa shape index (κ3) is 3.80. The van der Waals surface area contributed by atoms with Crippen molar-refractivity contribution in [1.29, 1.82) is 0 Å². The minimum atomic E-state index is -0.555. The highest BCUT2D eigenvalue weighted by molar-refractivity contribution is 5.73. The van der Waals surface area contributed by atoms with Crippen LogP contribution < -0.4 is 0 Å². The molecule has 0 aliphatic heterocycles. The standard InChI is InChI=1S/C32H50O4/c1-19(2)20(3)10-11-21(28(35)36-9)27-24(33)18-32(8)23-12-13-25-29(4,5)26(34)15-16-30(25,6)22(23)14-17-31(27,32)7/h12,14,19,21,24-27,33-34H,3,10-11,13,15-18H2,1-2,4-9H3/t21-,24-,25+,26+,27+,30-,31-,32+/m1/s1. The molecule has 2 fully saturated rings. The van der Waals surface area contributed by atoms with Crippen LogP contribution in [0.5, 0.6) is 0 Å². The Hall–Kier alpha value is -1.39. The molecule has 2 N–H and O–H groups in total. The molecule has 4 rings (SSSR count). The third-order valence-electron chi connectivity index (χ3n) is 11.8. The van der Waals surface area contributed by atoms with E-state index in [1.54, 1.807) is 0 Å². The van der Waals surface area contributed by atoms with Crippen LogP contribution in [0.4, 0.5) is 0 Å². The van der Waals surface area contributed by atoms with Gasteiger partial charge in [-0.3, -0.25) is 4.79 Å². The van der Waals surface area contributed by atoms with Gasteiger partial charge >= 0.3 is 5.97 Å². The quantitative estimate of drug-likeness (QED) is 0.319. The topological polar surface area (TPSA) is 66.8 Å². The number of carbonyl (C=O) groups is 1. The zero-order chi connectivity index (χ0) is 26.8. The Balaban J connectivity index is 1.73. The molecule has 0 bridgehead atoms. The first-order valence-corrected chi connectivity index (χ1v) is 14.2. The molecule has 2 saturated carbocycles. The summed E-state index contributed by atoms with van der Waals surface area (Å²) in [5, 5.41) is 22.5. The van der Waals surface area contributed by atoms with Gasteiger partial charge in [-0.2, -0.15) is 0 Å². The van der Waals surface area contributed by atoms with Gasteiger partial charge in [0, 0.05) is 11.3 Å². The van der Waals surface area contributed by atoms with Crippen LogP contribution in [-0.4, -0.2) is 35.5 Å². The zero-order valence-electron chi connectivity index (χ0n) is 24.0. The first-order valence-electron chi connectivity index (χ1n) is 14.2. The van der Waals surface area contributed by atoms with Gasteiger partial charge in [0.25, 0.3) is 0 Å². The number of methoxy groups -OCH3 is 1. The van der Waals surface area contributed by atoms with Crippen LogP contribution in [0.1, 0.15) is 93.4 Å². The number of esters is 1. The number of hydrogen-bond donors (Lipinski definition) is 2. The van der Waals surface area contributed by atoms with Crippen LogP contribution in [0, 0.1) is 45.3 Å². The van der Waals surface area contributed by atoms with Crippen molar-refractivity contribution in [1.82, 2.24) is 0 Å². The Bertz CT molecular complexity index is 973. The third-order valence-corrected chi connectivity index (χ3v) is 11.8. The highest BCUT2D eigenvalue weighted by atomic mass is 16.5. The molecule has 36 heavy (non-hydrogen) atoms. The summed E-state index contributed by atoms with van der Waals surface area (Å²) in [6, 6.07) is 0. The van der Waals surface area contributed by atoms with Crippen molar-refractivity contribution in [3.63, 3.8) is 0 Å². The maximum absolute atomic E-state index is 13.2. The van der Waals surface area contributed by atoms with Crippen molar-refractivity contribution in [3.05, 3.63) is 35.5 Å². The number of aliphatic hydroxyl groups is 2. The fourth-order valence-electron chi connectivity index (χ4n) is 9.04. The number of ether oxygens (including phenoxy) is 1. The summed E-state index contributed by atoms with van der Waals surface area (Å²) in [6.45, 7) is 20.0. The van der Waals surface area contributed by atoms with Crippen molar-refractivity contribution in [3.8, 4) is 0 Å². The molecule has 0 amide bonds. The van der Waals surface area contributed by atoms with Gasteiger partial charge in [0.05, 0.1) is 25.2 Å². The van der Waals surface area contributed by atoms with E-state index in [0.29, 0.717) is 24.7 Å². The maximum Gasteiger partial charge on any atom is 0.309 e. The molecule has 4 aliphatic carbocycles. The molecule has 8 atom stereocenters. The smallest absolute Gasteiger partial charge is 0.309 e. The molecule has 4 aliphatic rings. The molecular weight excluding hydrogens is 448 g/mol. The monoisotopic (exact) mass is 498 g/mol. The average molecular weight is 499 g/mol.